The van der Waals surface area contributed by atoms with E-state index in [1.807, 2.05) is 36.4 Å². The normalized spacial score (nSPS) is 10.9. The summed E-state index contributed by atoms with van der Waals surface area (Å²) in [6.07, 6.45) is 0. The Morgan fingerprint density at radius 3 is 2.88 bits per heavy atom. The highest BCUT2D eigenvalue weighted by molar-refractivity contribution is 7.18. The zero-order valence-electron chi connectivity index (χ0n) is 12.9. The molecule has 0 bridgehead atoms. The summed E-state index contributed by atoms with van der Waals surface area (Å²) in [5.41, 5.74) is 1.92. The third-order valence-corrected chi connectivity index (χ3v) is 4.86. The molecule has 0 saturated heterocycles. The maximum Gasteiger partial charge on any atom is 0.273 e. The minimum atomic E-state index is -0.309. The van der Waals surface area contributed by atoms with Crippen molar-refractivity contribution >= 4 is 39.1 Å². The summed E-state index contributed by atoms with van der Waals surface area (Å²) in [5, 5.41) is 8.08. The molecule has 0 unspecified atom stereocenters. The largest absolute Gasteiger partial charge is 0.355 e. The Bertz CT molecular complexity index is 1020. The predicted octanol–water partition coefficient (Wildman–Crippen LogP) is 4.53. The standard InChI is InChI=1S/C18H12ClN3O2S/c19-12-5-3-4-11(8-12)15-9-14(22-24-15)18(23)20-10-17-21-13-6-1-2-7-16(13)25-17/h1-9H,10H2,(H,20,23). The number of hydrogen-bond acceptors (Lipinski definition) is 5. The Morgan fingerprint density at radius 2 is 2.04 bits per heavy atom. The molecule has 0 radical (unpaired) electrons. The third-order valence-electron chi connectivity index (χ3n) is 3.59. The summed E-state index contributed by atoms with van der Waals surface area (Å²) in [7, 11) is 0. The van der Waals surface area contributed by atoms with Gasteiger partial charge in [0.2, 0.25) is 0 Å². The number of aromatic nitrogens is 2. The Balaban J connectivity index is 1.46. The fourth-order valence-corrected chi connectivity index (χ4v) is 3.50. The van der Waals surface area contributed by atoms with E-state index < -0.39 is 0 Å². The molecule has 124 valence electrons. The van der Waals surface area contributed by atoms with Crippen LogP contribution in [0.3, 0.4) is 0 Å². The van der Waals surface area contributed by atoms with Crippen LogP contribution in [0.4, 0.5) is 0 Å². The van der Waals surface area contributed by atoms with Gasteiger partial charge in [-0.15, -0.1) is 11.3 Å². The molecule has 2 heterocycles. The van der Waals surface area contributed by atoms with Gasteiger partial charge in [0.1, 0.15) is 5.01 Å². The predicted molar refractivity (Wildman–Crippen MR) is 97.7 cm³/mol. The lowest BCUT2D eigenvalue weighted by atomic mass is 10.1. The first-order chi connectivity index (χ1) is 12.2. The van der Waals surface area contributed by atoms with Gasteiger partial charge >= 0.3 is 0 Å². The second kappa shape index (κ2) is 6.66. The highest BCUT2D eigenvalue weighted by Gasteiger charge is 2.14. The minimum absolute atomic E-state index is 0.219. The molecule has 2 aromatic carbocycles. The maximum absolute atomic E-state index is 12.3. The van der Waals surface area contributed by atoms with Crippen molar-refractivity contribution in [2.24, 2.45) is 0 Å². The Kier molecular flexibility index (Phi) is 4.21. The van der Waals surface area contributed by atoms with E-state index in [9.17, 15) is 4.79 Å². The zero-order chi connectivity index (χ0) is 17.2. The number of nitrogens with zero attached hydrogens (tertiary/aromatic N) is 2. The molecule has 0 fully saturated rings. The van der Waals surface area contributed by atoms with E-state index in [4.69, 9.17) is 16.1 Å². The lowest BCUT2D eigenvalue weighted by molar-refractivity contribution is 0.0942. The number of halogens is 1. The molecular formula is C18H12ClN3O2S. The summed E-state index contributed by atoms with van der Waals surface area (Å²) in [5.74, 6) is 0.184. The van der Waals surface area contributed by atoms with Gasteiger partial charge in [-0.25, -0.2) is 4.98 Å². The average molecular weight is 370 g/mol. The molecule has 0 saturated carbocycles. The molecule has 1 N–H and O–H groups in total. The van der Waals surface area contributed by atoms with Gasteiger partial charge in [0.15, 0.2) is 11.5 Å². The van der Waals surface area contributed by atoms with Crippen LogP contribution in [0.15, 0.2) is 59.1 Å². The smallest absolute Gasteiger partial charge is 0.273 e. The van der Waals surface area contributed by atoms with Crippen LogP contribution in [0.1, 0.15) is 15.5 Å². The van der Waals surface area contributed by atoms with Gasteiger partial charge in [-0.05, 0) is 24.3 Å². The molecule has 0 atom stereocenters. The number of hydrogen-bond donors (Lipinski definition) is 1. The fraction of sp³-hybridized carbons (Fsp3) is 0.0556. The van der Waals surface area contributed by atoms with Crippen molar-refractivity contribution in [3.8, 4) is 11.3 Å². The summed E-state index contributed by atoms with van der Waals surface area (Å²) >= 11 is 7.52. The minimum Gasteiger partial charge on any atom is -0.355 e. The monoisotopic (exact) mass is 369 g/mol. The van der Waals surface area contributed by atoms with Gasteiger partial charge in [0, 0.05) is 16.7 Å². The van der Waals surface area contributed by atoms with Crippen LogP contribution in [-0.2, 0) is 6.54 Å². The molecule has 4 aromatic rings. The first kappa shape index (κ1) is 15.8. The van der Waals surface area contributed by atoms with Gasteiger partial charge in [0.05, 0.1) is 16.8 Å². The van der Waals surface area contributed by atoms with E-state index in [1.54, 1.807) is 29.5 Å². The van der Waals surface area contributed by atoms with Crippen LogP contribution in [0.25, 0.3) is 21.5 Å². The average Bonchev–Trinajstić information content (AvgIpc) is 3.26. The Morgan fingerprint density at radius 1 is 1.16 bits per heavy atom. The van der Waals surface area contributed by atoms with Gasteiger partial charge in [-0.2, -0.15) is 0 Å². The molecule has 0 aliphatic heterocycles. The number of thiazole rings is 1. The number of fused-ring (bicyclic) bond motifs is 1. The van der Waals surface area contributed by atoms with Crippen molar-refractivity contribution in [1.29, 1.82) is 0 Å². The van der Waals surface area contributed by atoms with E-state index in [-0.39, 0.29) is 11.6 Å². The SMILES string of the molecule is O=C(NCc1nc2ccccc2s1)c1cc(-c2cccc(Cl)c2)on1. The number of rotatable bonds is 4. The first-order valence-corrected chi connectivity index (χ1v) is 8.74. The van der Waals surface area contributed by atoms with E-state index in [1.165, 1.54) is 0 Å². The fourth-order valence-electron chi connectivity index (χ4n) is 2.40. The molecule has 25 heavy (non-hydrogen) atoms. The molecule has 4 rings (SSSR count). The van der Waals surface area contributed by atoms with Crippen molar-refractivity contribution in [2.75, 3.05) is 0 Å². The molecule has 0 aliphatic rings. The highest BCUT2D eigenvalue weighted by Crippen LogP contribution is 2.24. The summed E-state index contributed by atoms with van der Waals surface area (Å²) in [6, 6.07) is 16.6. The van der Waals surface area contributed by atoms with Gasteiger partial charge < -0.3 is 9.84 Å². The van der Waals surface area contributed by atoms with Crippen LogP contribution in [0.2, 0.25) is 5.02 Å². The van der Waals surface area contributed by atoms with E-state index in [2.05, 4.69) is 15.5 Å². The number of para-hydroxylation sites is 1. The van der Waals surface area contributed by atoms with Crippen LogP contribution >= 0.6 is 22.9 Å². The third kappa shape index (κ3) is 3.40. The lowest BCUT2D eigenvalue weighted by Gasteiger charge is -1.98. The number of carbonyl (C=O) groups is 1. The van der Waals surface area contributed by atoms with Gasteiger partial charge in [-0.1, -0.05) is 41.0 Å². The van der Waals surface area contributed by atoms with Gasteiger partial charge in [-0.3, -0.25) is 4.79 Å². The maximum atomic E-state index is 12.3. The van der Waals surface area contributed by atoms with Crippen molar-refractivity contribution in [1.82, 2.24) is 15.5 Å². The Hall–Kier alpha value is -2.70. The van der Waals surface area contributed by atoms with Crippen LogP contribution in [0.5, 0.6) is 0 Å². The number of carbonyl (C=O) groups excluding carboxylic acids is 1. The lowest BCUT2D eigenvalue weighted by Crippen LogP contribution is -2.22. The summed E-state index contributed by atoms with van der Waals surface area (Å²) in [6.45, 7) is 0.345. The number of nitrogens with one attached hydrogen (secondary N) is 1. The first-order valence-electron chi connectivity index (χ1n) is 7.54. The van der Waals surface area contributed by atoms with Crippen molar-refractivity contribution < 1.29 is 9.32 Å². The highest BCUT2D eigenvalue weighted by atomic mass is 35.5. The molecule has 1 amide bonds. The van der Waals surface area contributed by atoms with E-state index in [0.29, 0.717) is 17.3 Å². The Labute approximate surface area is 152 Å². The van der Waals surface area contributed by atoms with Crippen molar-refractivity contribution in [2.45, 2.75) is 6.54 Å². The van der Waals surface area contributed by atoms with Crippen LogP contribution in [-0.4, -0.2) is 16.0 Å². The molecule has 7 heteroatoms. The summed E-state index contributed by atoms with van der Waals surface area (Å²) < 4.78 is 6.34. The topological polar surface area (TPSA) is 68.0 Å². The van der Waals surface area contributed by atoms with Crippen molar-refractivity contribution in [3.05, 3.63) is 70.3 Å². The second-order valence-corrected chi connectivity index (χ2v) is 6.90. The van der Waals surface area contributed by atoms with E-state index in [0.717, 1.165) is 20.8 Å². The zero-order valence-corrected chi connectivity index (χ0v) is 14.5. The molecule has 2 aromatic heterocycles. The van der Waals surface area contributed by atoms with Gasteiger partial charge in [0.25, 0.3) is 5.91 Å². The second-order valence-electron chi connectivity index (χ2n) is 5.34. The van der Waals surface area contributed by atoms with E-state index >= 15 is 0 Å². The molecular weight excluding hydrogens is 358 g/mol. The van der Waals surface area contributed by atoms with Crippen molar-refractivity contribution in [3.63, 3.8) is 0 Å². The molecule has 5 nitrogen and oxygen atoms in total. The summed E-state index contributed by atoms with van der Waals surface area (Å²) in [4.78, 5) is 16.7. The van der Waals surface area contributed by atoms with Crippen LogP contribution < -0.4 is 5.32 Å². The molecule has 0 aliphatic carbocycles. The quantitative estimate of drug-likeness (QED) is 0.573. The number of benzene rings is 2. The van der Waals surface area contributed by atoms with Crippen LogP contribution in [0, 0.1) is 0 Å². The molecule has 0 spiro atoms. The number of amides is 1.